The maximum Gasteiger partial charge on any atom is 0.248 e. The van der Waals surface area contributed by atoms with Crippen molar-refractivity contribution in [1.82, 2.24) is 10.0 Å². The molecule has 0 radical (unpaired) electrons. The van der Waals surface area contributed by atoms with Gasteiger partial charge in [0.05, 0.1) is 5.70 Å². The van der Waals surface area contributed by atoms with Gasteiger partial charge in [-0.15, -0.1) is 0 Å². The van der Waals surface area contributed by atoms with E-state index < -0.39 is 5.92 Å². The maximum absolute atomic E-state index is 11.1. The van der Waals surface area contributed by atoms with Gasteiger partial charge >= 0.3 is 0 Å². The highest BCUT2D eigenvalue weighted by Crippen LogP contribution is 2.40. The molecule has 0 aromatic heterocycles. The molecule has 23 heavy (non-hydrogen) atoms. The summed E-state index contributed by atoms with van der Waals surface area (Å²) in [6, 6.07) is 11.0. The molecule has 3 aliphatic rings. The van der Waals surface area contributed by atoms with Crippen LogP contribution in [0.15, 0.2) is 60.5 Å². The molecule has 1 atom stereocenters. The molecule has 1 unspecified atom stereocenters. The summed E-state index contributed by atoms with van der Waals surface area (Å²) in [5, 5.41) is 4.50. The van der Waals surface area contributed by atoms with Gasteiger partial charge in [-0.3, -0.25) is 5.01 Å². The molecule has 1 aromatic carbocycles. The fourth-order valence-corrected chi connectivity index (χ4v) is 2.67. The third kappa shape index (κ3) is 3.70. The SMILES string of the molecule is CCC1C=C2C=C(c3ccccc3)C=CN2N1C.FC1(F)CC1. The molecule has 0 amide bonds. The van der Waals surface area contributed by atoms with E-state index in [1.807, 2.05) is 0 Å². The number of allylic oxidation sites excluding steroid dienone is 3. The zero-order valence-corrected chi connectivity index (χ0v) is 13.5. The molecule has 2 aliphatic heterocycles. The molecule has 2 nitrogen and oxygen atoms in total. The molecule has 0 spiro atoms. The Balaban J connectivity index is 0.000000267. The monoisotopic (exact) mass is 316 g/mol. The van der Waals surface area contributed by atoms with Gasteiger partial charge in [-0.1, -0.05) is 37.3 Å². The van der Waals surface area contributed by atoms with Crippen molar-refractivity contribution < 1.29 is 8.78 Å². The molecule has 4 heteroatoms. The number of hydrogen-bond acceptors (Lipinski definition) is 2. The number of fused-ring (bicyclic) bond motifs is 1. The van der Waals surface area contributed by atoms with Gasteiger partial charge < -0.3 is 0 Å². The number of halogens is 2. The second-order valence-corrected chi connectivity index (χ2v) is 6.12. The van der Waals surface area contributed by atoms with Crippen LogP contribution in [0.25, 0.3) is 5.57 Å². The van der Waals surface area contributed by atoms with Crippen molar-refractivity contribution in [3.63, 3.8) is 0 Å². The van der Waals surface area contributed by atoms with E-state index in [1.165, 1.54) is 16.8 Å². The first kappa shape index (κ1) is 15.9. The molecule has 1 saturated carbocycles. The Morgan fingerprint density at radius 3 is 2.39 bits per heavy atom. The number of hydrazine groups is 1. The summed E-state index contributed by atoms with van der Waals surface area (Å²) in [5.74, 6) is -2.25. The van der Waals surface area contributed by atoms with Gasteiger partial charge in [-0.25, -0.2) is 13.8 Å². The van der Waals surface area contributed by atoms with Gasteiger partial charge in [0.1, 0.15) is 0 Å². The normalized spacial score (nSPS) is 24.3. The van der Waals surface area contributed by atoms with Crippen LogP contribution in [-0.4, -0.2) is 29.0 Å². The van der Waals surface area contributed by atoms with Crippen molar-refractivity contribution in [3.05, 3.63) is 66.0 Å². The lowest BCUT2D eigenvalue weighted by Gasteiger charge is -2.30. The van der Waals surface area contributed by atoms with E-state index in [9.17, 15) is 8.78 Å². The summed E-state index contributed by atoms with van der Waals surface area (Å²) in [6.45, 7) is 2.22. The minimum absolute atomic E-state index is 0.118. The van der Waals surface area contributed by atoms with Gasteiger partial charge in [0, 0.05) is 32.1 Å². The lowest BCUT2D eigenvalue weighted by Crippen LogP contribution is -2.35. The molecule has 1 aliphatic carbocycles. The quantitative estimate of drug-likeness (QED) is 0.770. The molecular weight excluding hydrogens is 294 g/mol. The highest BCUT2D eigenvalue weighted by molar-refractivity contribution is 5.77. The predicted octanol–water partition coefficient (Wildman–Crippen LogP) is 4.84. The molecule has 0 saturated heterocycles. The number of likely N-dealkylation sites (N-methyl/N-ethyl adjacent to an activating group) is 1. The Hall–Kier alpha value is -1.94. The van der Waals surface area contributed by atoms with E-state index in [1.54, 1.807) is 0 Å². The first-order valence-corrected chi connectivity index (χ1v) is 8.07. The minimum Gasteiger partial charge on any atom is -0.282 e. The summed E-state index contributed by atoms with van der Waals surface area (Å²) < 4.78 is 22.3. The molecule has 122 valence electrons. The van der Waals surface area contributed by atoms with E-state index >= 15 is 0 Å². The number of alkyl halides is 2. The van der Waals surface area contributed by atoms with Crippen LogP contribution in [0.4, 0.5) is 8.78 Å². The third-order valence-corrected chi connectivity index (χ3v) is 4.30. The Labute approximate surface area is 136 Å². The summed E-state index contributed by atoms with van der Waals surface area (Å²) in [4.78, 5) is 0. The second kappa shape index (κ2) is 6.28. The van der Waals surface area contributed by atoms with Crippen LogP contribution in [0, 0.1) is 0 Å². The van der Waals surface area contributed by atoms with Gasteiger partial charge in [-0.05, 0) is 35.8 Å². The number of rotatable bonds is 2. The van der Waals surface area contributed by atoms with Gasteiger partial charge in [0.25, 0.3) is 0 Å². The van der Waals surface area contributed by atoms with E-state index in [0.717, 1.165) is 6.42 Å². The van der Waals surface area contributed by atoms with Crippen LogP contribution >= 0.6 is 0 Å². The maximum atomic E-state index is 11.1. The second-order valence-electron chi connectivity index (χ2n) is 6.12. The topological polar surface area (TPSA) is 6.48 Å². The van der Waals surface area contributed by atoms with E-state index in [0.29, 0.717) is 6.04 Å². The van der Waals surface area contributed by atoms with Crippen molar-refractivity contribution >= 4 is 5.57 Å². The first-order chi connectivity index (χ1) is 11.0. The average Bonchev–Trinajstić information content (AvgIpc) is 3.17. The minimum atomic E-state index is -2.25. The Kier molecular flexibility index (Phi) is 4.35. The zero-order valence-electron chi connectivity index (χ0n) is 13.5. The van der Waals surface area contributed by atoms with Crippen LogP contribution in [0.5, 0.6) is 0 Å². The van der Waals surface area contributed by atoms with Crippen molar-refractivity contribution in [2.75, 3.05) is 7.05 Å². The van der Waals surface area contributed by atoms with Crippen molar-refractivity contribution in [2.24, 2.45) is 0 Å². The van der Waals surface area contributed by atoms with Gasteiger partial charge in [-0.2, -0.15) is 0 Å². The van der Waals surface area contributed by atoms with Crippen LogP contribution in [0.1, 0.15) is 31.7 Å². The van der Waals surface area contributed by atoms with Crippen molar-refractivity contribution in [3.8, 4) is 0 Å². The summed E-state index contributed by atoms with van der Waals surface area (Å²) in [5.41, 5.74) is 3.84. The molecule has 2 heterocycles. The standard InChI is InChI=1S/C16H18N2.C3H4F2/c1-3-15-12-16-11-14(9-10-18(16)17(15)2)13-7-5-4-6-8-13;4-3(5)1-2-3/h4-12,15H,3H2,1-2H3;1-2H2. The lowest BCUT2D eigenvalue weighted by molar-refractivity contribution is 0.0860. The highest BCUT2D eigenvalue weighted by Gasteiger charge is 2.43. The molecule has 1 aromatic rings. The van der Waals surface area contributed by atoms with Crippen LogP contribution in [-0.2, 0) is 0 Å². The smallest absolute Gasteiger partial charge is 0.248 e. The molecule has 0 N–H and O–H groups in total. The van der Waals surface area contributed by atoms with E-state index in [4.69, 9.17) is 0 Å². The largest absolute Gasteiger partial charge is 0.282 e. The zero-order chi connectivity index (χ0) is 16.4. The Morgan fingerprint density at radius 2 is 1.83 bits per heavy atom. The fourth-order valence-electron chi connectivity index (χ4n) is 2.67. The van der Waals surface area contributed by atoms with E-state index in [-0.39, 0.29) is 12.8 Å². The van der Waals surface area contributed by atoms with Crippen molar-refractivity contribution in [1.29, 1.82) is 0 Å². The van der Waals surface area contributed by atoms with Gasteiger partial charge in [0.15, 0.2) is 0 Å². The first-order valence-electron chi connectivity index (χ1n) is 8.07. The predicted molar refractivity (Wildman–Crippen MR) is 89.5 cm³/mol. The van der Waals surface area contributed by atoms with Gasteiger partial charge in [0.2, 0.25) is 5.92 Å². The molecular formula is C19H22F2N2. The number of hydrogen-bond donors (Lipinski definition) is 0. The highest BCUT2D eigenvalue weighted by atomic mass is 19.3. The molecule has 0 bridgehead atoms. The summed E-state index contributed by atoms with van der Waals surface area (Å²) >= 11 is 0. The third-order valence-electron chi connectivity index (χ3n) is 4.30. The molecule has 1 fully saturated rings. The summed E-state index contributed by atoms with van der Waals surface area (Å²) in [7, 11) is 2.14. The van der Waals surface area contributed by atoms with E-state index in [2.05, 4.69) is 78.7 Å². The van der Waals surface area contributed by atoms with Crippen LogP contribution < -0.4 is 0 Å². The lowest BCUT2D eigenvalue weighted by atomic mass is 10.0. The van der Waals surface area contributed by atoms with Crippen molar-refractivity contribution in [2.45, 2.75) is 38.2 Å². The average molecular weight is 316 g/mol. The number of nitrogens with zero attached hydrogens (tertiary/aromatic N) is 2. The fraction of sp³-hybridized carbons (Fsp3) is 0.368. The van der Waals surface area contributed by atoms with Crippen LogP contribution in [0.2, 0.25) is 0 Å². The number of benzene rings is 1. The molecule has 4 rings (SSSR count). The Morgan fingerprint density at radius 1 is 1.17 bits per heavy atom. The summed E-state index contributed by atoms with van der Waals surface area (Å²) in [6.07, 6.45) is 10.3. The Bertz CT molecular complexity index is 641. The van der Waals surface area contributed by atoms with Crippen LogP contribution in [0.3, 0.4) is 0 Å².